The molecule has 0 unspecified atom stereocenters. The number of nitrogens with zero attached hydrogens (tertiary/aromatic N) is 2. The van der Waals surface area contributed by atoms with Crippen LogP contribution in [0.4, 0.5) is 4.39 Å². The predicted octanol–water partition coefficient (Wildman–Crippen LogP) is 5.28. The Morgan fingerprint density at radius 3 is 2.30 bits per heavy atom. The zero-order valence-corrected chi connectivity index (χ0v) is 15.3. The SMILES string of the molecule is Fc1ccc([C@H](NC2CCCCCC2)c2nnc(-c3ccccc3)o2)cc1. The molecule has 4 nitrogen and oxygen atoms in total. The lowest BCUT2D eigenvalue weighted by molar-refractivity contribution is 0.374. The van der Waals surface area contributed by atoms with Crippen molar-refractivity contribution in [2.75, 3.05) is 0 Å². The maximum atomic E-state index is 13.4. The van der Waals surface area contributed by atoms with E-state index in [0.717, 1.165) is 24.0 Å². The Bertz CT molecular complexity index is 840. The summed E-state index contributed by atoms with van der Waals surface area (Å²) < 4.78 is 19.4. The Morgan fingerprint density at radius 1 is 0.889 bits per heavy atom. The van der Waals surface area contributed by atoms with Gasteiger partial charge in [0.2, 0.25) is 11.8 Å². The van der Waals surface area contributed by atoms with Crippen LogP contribution in [0.25, 0.3) is 11.5 Å². The number of nitrogens with one attached hydrogen (secondary N) is 1. The molecule has 0 spiro atoms. The number of hydrogen-bond donors (Lipinski definition) is 1. The van der Waals surface area contributed by atoms with Gasteiger partial charge in [-0.15, -0.1) is 10.2 Å². The summed E-state index contributed by atoms with van der Waals surface area (Å²) in [6, 6.07) is 16.4. The Kier molecular flexibility index (Phi) is 5.58. The molecule has 140 valence electrons. The molecule has 0 radical (unpaired) electrons. The lowest BCUT2D eigenvalue weighted by Gasteiger charge is -2.23. The van der Waals surface area contributed by atoms with E-state index >= 15 is 0 Å². The van der Waals surface area contributed by atoms with Crippen molar-refractivity contribution in [2.45, 2.75) is 50.6 Å². The van der Waals surface area contributed by atoms with Crippen LogP contribution in [0, 0.1) is 5.82 Å². The van der Waals surface area contributed by atoms with Crippen molar-refractivity contribution in [1.29, 1.82) is 0 Å². The first-order valence-electron chi connectivity index (χ1n) is 9.70. The molecule has 0 saturated heterocycles. The molecule has 27 heavy (non-hydrogen) atoms. The minimum Gasteiger partial charge on any atom is -0.419 e. The van der Waals surface area contributed by atoms with Gasteiger partial charge in [0, 0.05) is 11.6 Å². The van der Waals surface area contributed by atoms with Gasteiger partial charge in [0.15, 0.2) is 0 Å². The number of hydrogen-bond acceptors (Lipinski definition) is 4. The van der Waals surface area contributed by atoms with E-state index < -0.39 is 0 Å². The third-order valence-corrected chi connectivity index (χ3v) is 5.17. The lowest BCUT2D eigenvalue weighted by Crippen LogP contribution is -2.33. The van der Waals surface area contributed by atoms with Crippen LogP contribution in [0.15, 0.2) is 59.0 Å². The van der Waals surface area contributed by atoms with E-state index in [0.29, 0.717) is 17.8 Å². The van der Waals surface area contributed by atoms with Gasteiger partial charge in [0.25, 0.3) is 0 Å². The van der Waals surface area contributed by atoms with Crippen molar-refractivity contribution < 1.29 is 8.81 Å². The largest absolute Gasteiger partial charge is 0.419 e. The molecule has 0 bridgehead atoms. The summed E-state index contributed by atoms with van der Waals surface area (Å²) in [7, 11) is 0. The molecule has 1 aliphatic carbocycles. The van der Waals surface area contributed by atoms with E-state index in [1.54, 1.807) is 12.1 Å². The smallest absolute Gasteiger partial charge is 0.247 e. The normalized spacial score (nSPS) is 16.8. The summed E-state index contributed by atoms with van der Waals surface area (Å²) in [5.41, 5.74) is 1.83. The molecule has 1 atom stereocenters. The van der Waals surface area contributed by atoms with Crippen LogP contribution in [0.2, 0.25) is 0 Å². The fraction of sp³-hybridized carbons (Fsp3) is 0.364. The molecule has 1 N–H and O–H groups in total. The van der Waals surface area contributed by atoms with Crippen LogP contribution in [0.1, 0.15) is 56.0 Å². The molecule has 3 aromatic rings. The van der Waals surface area contributed by atoms with Gasteiger partial charge in [-0.05, 0) is 42.7 Å². The Labute approximate surface area is 158 Å². The van der Waals surface area contributed by atoms with Crippen molar-refractivity contribution in [3.8, 4) is 11.5 Å². The molecule has 2 aromatic carbocycles. The van der Waals surface area contributed by atoms with E-state index in [1.165, 1.54) is 37.8 Å². The molecule has 1 saturated carbocycles. The van der Waals surface area contributed by atoms with Crippen LogP contribution < -0.4 is 5.32 Å². The van der Waals surface area contributed by atoms with Crippen LogP contribution in [0.3, 0.4) is 0 Å². The molecule has 1 aliphatic rings. The van der Waals surface area contributed by atoms with E-state index in [2.05, 4.69) is 15.5 Å². The number of halogens is 1. The topological polar surface area (TPSA) is 51.0 Å². The molecular weight excluding hydrogens is 341 g/mol. The van der Waals surface area contributed by atoms with E-state index in [9.17, 15) is 4.39 Å². The minimum absolute atomic E-state index is 0.237. The highest BCUT2D eigenvalue weighted by Gasteiger charge is 2.25. The fourth-order valence-corrected chi connectivity index (χ4v) is 3.70. The molecule has 0 aliphatic heterocycles. The molecule has 5 heteroatoms. The molecule has 1 fully saturated rings. The number of benzene rings is 2. The summed E-state index contributed by atoms with van der Waals surface area (Å²) in [4.78, 5) is 0. The Balaban J connectivity index is 1.63. The number of aromatic nitrogens is 2. The van der Waals surface area contributed by atoms with Crippen LogP contribution in [-0.4, -0.2) is 16.2 Å². The summed E-state index contributed by atoms with van der Waals surface area (Å²) in [6.45, 7) is 0. The Morgan fingerprint density at radius 2 is 1.59 bits per heavy atom. The van der Waals surface area contributed by atoms with Gasteiger partial charge in [0.05, 0.1) is 0 Å². The lowest BCUT2D eigenvalue weighted by atomic mass is 10.0. The summed E-state index contributed by atoms with van der Waals surface area (Å²) >= 11 is 0. The molecule has 4 rings (SSSR count). The van der Waals surface area contributed by atoms with E-state index in [-0.39, 0.29) is 11.9 Å². The van der Waals surface area contributed by atoms with Gasteiger partial charge < -0.3 is 4.42 Å². The minimum atomic E-state index is -0.248. The van der Waals surface area contributed by atoms with Crippen LogP contribution in [0.5, 0.6) is 0 Å². The van der Waals surface area contributed by atoms with Gasteiger partial charge in [-0.1, -0.05) is 56.0 Å². The van der Waals surface area contributed by atoms with Crippen molar-refractivity contribution >= 4 is 0 Å². The van der Waals surface area contributed by atoms with E-state index in [1.807, 2.05) is 30.3 Å². The quantitative estimate of drug-likeness (QED) is 0.625. The van der Waals surface area contributed by atoms with Crippen LogP contribution in [-0.2, 0) is 0 Å². The molecule has 1 aromatic heterocycles. The molecule has 0 amide bonds. The predicted molar refractivity (Wildman–Crippen MR) is 103 cm³/mol. The average molecular weight is 365 g/mol. The van der Waals surface area contributed by atoms with Gasteiger partial charge >= 0.3 is 0 Å². The zero-order chi connectivity index (χ0) is 18.5. The average Bonchev–Trinajstić information content (AvgIpc) is 3.05. The van der Waals surface area contributed by atoms with Gasteiger partial charge in [-0.25, -0.2) is 4.39 Å². The summed E-state index contributed by atoms with van der Waals surface area (Å²) in [5.74, 6) is 0.771. The van der Waals surface area contributed by atoms with Gasteiger partial charge in [-0.3, -0.25) is 5.32 Å². The monoisotopic (exact) mass is 365 g/mol. The standard InChI is InChI=1S/C22H24FN3O/c23-18-14-12-16(13-15-18)20(24-19-10-6-1-2-7-11-19)22-26-25-21(27-22)17-8-4-3-5-9-17/h3-5,8-9,12-15,19-20,24H,1-2,6-7,10-11H2/t20-/m0/s1. The van der Waals surface area contributed by atoms with Crippen molar-refractivity contribution in [3.05, 3.63) is 71.9 Å². The van der Waals surface area contributed by atoms with E-state index in [4.69, 9.17) is 4.42 Å². The third-order valence-electron chi connectivity index (χ3n) is 5.17. The highest BCUT2D eigenvalue weighted by Crippen LogP contribution is 2.28. The maximum Gasteiger partial charge on any atom is 0.247 e. The van der Waals surface area contributed by atoms with Gasteiger partial charge in [0.1, 0.15) is 11.9 Å². The van der Waals surface area contributed by atoms with Crippen LogP contribution >= 0.6 is 0 Å². The summed E-state index contributed by atoms with van der Waals surface area (Å²) in [6.07, 6.45) is 7.31. The Hall–Kier alpha value is -2.53. The number of rotatable bonds is 5. The second-order valence-electron chi connectivity index (χ2n) is 7.15. The second-order valence-corrected chi connectivity index (χ2v) is 7.15. The zero-order valence-electron chi connectivity index (χ0n) is 15.3. The van der Waals surface area contributed by atoms with Crippen molar-refractivity contribution in [2.24, 2.45) is 0 Å². The second kappa shape index (κ2) is 8.44. The highest BCUT2D eigenvalue weighted by molar-refractivity contribution is 5.51. The molecule has 1 heterocycles. The summed E-state index contributed by atoms with van der Waals surface area (Å²) in [5, 5.41) is 12.2. The first kappa shape index (κ1) is 17.9. The molecular formula is C22H24FN3O. The van der Waals surface area contributed by atoms with Crippen molar-refractivity contribution in [1.82, 2.24) is 15.5 Å². The van der Waals surface area contributed by atoms with Crippen molar-refractivity contribution in [3.63, 3.8) is 0 Å². The maximum absolute atomic E-state index is 13.4. The first-order chi connectivity index (χ1) is 13.3. The fourth-order valence-electron chi connectivity index (χ4n) is 3.70. The third kappa shape index (κ3) is 4.42. The highest BCUT2D eigenvalue weighted by atomic mass is 19.1. The van der Waals surface area contributed by atoms with Gasteiger partial charge in [-0.2, -0.15) is 0 Å². The first-order valence-corrected chi connectivity index (χ1v) is 9.70.